The maximum absolute atomic E-state index is 13.8. The molecule has 0 radical (unpaired) electrons. The summed E-state index contributed by atoms with van der Waals surface area (Å²) < 4.78 is 15.4. The first-order valence-electron chi connectivity index (χ1n) is 9.40. The number of nitrogens with zero attached hydrogens (tertiary/aromatic N) is 3. The van der Waals surface area contributed by atoms with E-state index in [4.69, 9.17) is 11.6 Å². The Morgan fingerprint density at radius 2 is 2.03 bits per heavy atom. The van der Waals surface area contributed by atoms with E-state index in [0.717, 1.165) is 11.1 Å². The second-order valence-corrected chi connectivity index (χ2v) is 7.40. The number of carbonyl (C=O) groups is 1. The molecule has 2 atom stereocenters. The van der Waals surface area contributed by atoms with Crippen molar-refractivity contribution in [1.82, 2.24) is 20.1 Å². The van der Waals surface area contributed by atoms with E-state index in [0.29, 0.717) is 30.2 Å². The average Bonchev–Trinajstić information content (AvgIpc) is 3.25. The number of fused-ring (bicyclic) bond motifs is 1. The van der Waals surface area contributed by atoms with E-state index in [1.807, 2.05) is 31.2 Å². The van der Waals surface area contributed by atoms with Gasteiger partial charge < -0.3 is 10.4 Å². The normalized spacial score (nSPS) is 16.8. The van der Waals surface area contributed by atoms with E-state index < -0.39 is 18.0 Å². The number of carbonyl (C=O) groups excluding carboxylic acids is 1. The highest BCUT2D eigenvalue weighted by Gasteiger charge is 2.32. The van der Waals surface area contributed by atoms with Gasteiger partial charge >= 0.3 is 0 Å². The summed E-state index contributed by atoms with van der Waals surface area (Å²) in [6, 6.07) is 11.6. The third kappa shape index (κ3) is 5.23. The van der Waals surface area contributed by atoms with E-state index in [2.05, 4.69) is 15.4 Å². The van der Waals surface area contributed by atoms with Gasteiger partial charge in [-0.25, -0.2) is 14.1 Å². The molecule has 31 heavy (non-hydrogen) atoms. The zero-order valence-electron chi connectivity index (χ0n) is 16.8. The van der Waals surface area contributed by atoms with Crippen molar-refractivity contribution in [3.05, 3.63) is 70.3 Å². The summed E-state index contributed by atoms with van der Waals surface area (Å²) in [6.07, 6.45) is -0.145. The Morgan fingerprint density at radius 3 is 2.74 bits per heavy atom. The zero-order valence-corrected chi connectivity index (χ0v) is 19.5. The maximum Gasteiger partial charge on any atom is 0.228 e. The molecule has 0 aliphatic heterocycles. The number of halogens is 2. The Labute approximate surface area is 198 Å². The molecule has 0 fully saturated rings. The Morgan fingerprint density at radius 1 is 1.29 bits per heavy atom. The summed E-state index contributed by atoms with van der Waals surface area (Å²) in [4.78, 5) is 17.1. The van der Waals surface area contributed by atoms with Crippen molar-refractivity contribution < 1.29 is 14.3 Å². The van der Waals surface area contributed by atoms with Gasteiger partial charge in [-0.15, -0.1) is 0 Å². The van der Waals surface area contributed by atoms with Crippen molar-refractivity contribution in [3.63, 3.8) is 0 Å². The van der Waals surface area contributed by atoms with Gasteiger partial charge in [-0.05, 0) is 36.2 Å². The molecule has 166 valence electrons. The van der Waals surface area contributed by atoms with Crippen molar-refractivity contribution in [3.8, 4) is 11.4 Å². The quantitative estimate of drug-likeness (QED) is 0.584. The number of nitrogens with one attached hydrogen (secondary N) is 1. The number of benzene rings is 2. The molecule has 0 saturated heterocycles. The van der Waals surface area contributed by atoms with Crippen molar-refractivity contribution in [1.29, 1.82) is 0 Å². The van der Waals surface area contributed by atoms with Crippen LogP contribution in [0.15, 0.2) is 42.5 Å². The van der Waals surface area contributed by atoms with Crippen LogP contribution in [0.3, 0.4) is 0 Å². The lowest BCUT2D eigenvalue weighted by Gasteiger charge is -2.17. The fourth-order valence-corrected chi connectivity index (χ4v) is 3.75. The SMILES string of the molecule is CCn1nc(-c2ccc(Cl)c(F)c2)nc1CC(=O)N[C@H]1c2ccccc2C[C@@H]1O.S.S. The molecule has 6 nitrogen and oxygen atoms in total. The number of hydrogen-bond donors (Lipinski definition) is 2. The highest BCUT2D eigenvalue weighted by molar-refractivity contribution is 7.59. The van der Waals surface area contributed by atoms with E-state index >= 15 is 0 Å². The lowest BCUT2D eigenvalue weighted by molar-refractivity contribution is -0.122. The Hall–Kier alpha value is -2.07. The molecule has 2 N–H and O–H groups in total. The van der Waals surface area contributed by atoms with E-state index in [-0.39, 0.29) is 44.3 Å². The van der Waals surface area contributed by atoms with Gasteiger partial charge in [0.05, 0.1) is 23.6 Å². The number of amides is 1. The fraction of sp³-hybridized carbons (Fsp3) is 0.286. The highest BCUT2D eigenvalue weighted by atomic mass is 35.5. The molecule has 1 amide bonds. The Bertz CT molecular complexity index is 1080. The number of aliphatic hydroxyl groups excluding tert-OH is 1. The van der Waals surface area contributed by atoms with Gasteiger partial charge in [-0.2, -0.15) is 32.1 Å². The summed E-state index contributed by atoms with van der Waals surface area (Å²) in [7, 11) is 0. The van der Waals surface area contributed by atoms with Gasteiger partial charge in [0, 0.05) is 18.5 Å². The Balaban J connectivity index is 0.00000171. The maximum atomic E-state index is 13.8. The van der Waals surface area contributed by atoms with Crippen LogP contribution < -0.4 is 5.32 Å². The van der Waals surface area contributed by atoms with Crippen LogP contribution in [0.5, 0.6) is 0 Å². The summed E-state index contributed by atoms with van der Waals surface area (Å²) in [5, 5.41) is 17.6. The average molecular weight is 483 g/mol. The summed E-state index contributed by atoms with van der Waals surface area (Å²) in [5.41, 5.74) is 2.46. The van der Waals surface area contributed by atoms with Gasteiger partial charge in [-0.3, -0.25) is 4.79 Å². The molecule has 1 aliphatic rings. The number of hydrogen-bond acceptors (Lipinski definition) is 4. The zero-order chi connectivity index (χ0) is 20.5. The second-order valence-electron chi connectivity index (χ2n) is 6.99. The molecule has 10 heteroatoms. The minimum Gasteiger partial charge on any atom is -0.390 e. The second kappa shape index (κ2) is 10.5. The largest absolute Gasteiger partial charge is 0.390 e. The molecule has 3 aromatic rings. The monoisotopic (exact) mass is 482 g/mol. The molecule has 1 aromatic heterocycles. The van der Waals surface area contributed by atoms with Crippen molar-refractivity contribution in [2.24, 2.45) is 0 Å². The lowest BCUT2D eigenvalue weighted by atomic mass is 10.1. The molecule has 2 aromatic carbocycles. The summed E-state index contributed by atoms with van der Waals surface area (Å²) in [5.74, 6) is -0.0144. The minimum atomic E-state index is -0.659. The molecule has 4 rings (SSSR count). The van der Waals surface area contributed by atoms with Crippen LogP contribution in [-0.2, 0) is 24.2 Å². The van der Waals surface area contributed by atoms with Crippen LogP contribution >= 0.6 is 38.6 Å². The predicted molar refractivity (Wildman–Crippen MR) is 128 cm³/mol. The first-order chi connectivity index (χ1) is 14.0. The Kier molecular flexibility index (Phi) is 8.53. The first kappa shape index (κ1) is 25.2. The van der Waals surface area contributed by atoms with E-state index in [9.17, 15) is 14.3 Å². The van der Waals surface area contributed by atoms with E-state index in [1.165, 1.54) is 12.1 Å². The van der Waals surface area contributed by atoms with Gasteiger partial charge in [0.15, 0.2) is 5.82 Å². The van der Waals surface area contributed by atoms with Gasteiger partial charge in [0.25, 0.3) is 0 Å². The number of rotatable bonds is 5. The van der Waals surface area contributed by atoms with Gasteiger partial charge in [0.1, 0.15) is 11.6 Å². The molecule has 0 spiro atoms. The van der Waals surface area contributed by atoms with Gasteiger partial charge in [-0.1, -0.05) is 35.9 Å². The summed E-state index contributed by atoms with van der Waals surface area (Å²) >= 11 is 5.74. The van der Waals surface area contributed by atoms with Crippen LogP contribution in [0.25, 0.3) is 11.4 Å². The highest BCUT2D eigenvalue weighted by Crippen LogP contribution is 2.31. The van der Waals surface area contributed by atoms with Crippen molar-refractivity contribution >= 4 is 44.5 Å². The lowest BCUT2D eigenvalue weighted by Crippen LogP contribution is -2.35. The molecule has 1 aliphatic carbocycles. The van der Waals surface area contributed by atoms with Crippen molar-refractivity contribution in [2.45, 2.75) is 38.5 Å². The number of aryl methyl sites for hydroxylation is 1. The third-order valence-corrected chi connectivity index (χ3v) is 5.37. The predicted octanol–water partition coefficient (Wildman–Crippen LogP) is 3.30. The van der Waals surface area contributed by atoms with Crippen LogP contribution in [0.1, 0.15) is 29.9 Å². The van der Waals surface area contributed by atoms with Crippen LogP contribution in [-0.4, -0.2) is 31.9 Å². The number of aliphatic hydroxyl groups is 1. The van der Waals surface area contributed by atoms with Crippen LogP contribution in [0.4, 0.5) is 4.39 Å². The molecule has 1 heterocycles. The van der Waals surface area contributed by atoms with Crippen LogP contribution in [0.2, 0.25) is 5.02 Å². The topological polar surface area (TPSA) is 80.0 Å². The fourth-order valence-electron chi connectivity index (χ4n) is 3.63. The number of aromatic nitrogens is 3. The molecule has 0 unspecified atom stereocenters. The third-order valence-electron chi connectivity index (χ3n) is 5.06. The summed E-state index contributed by atoms with van der Waals surface area (Å²) in [6.45, 7) is 2.40. The van der Waals surface area contributed by atoms with Crippen LogP contribution in [0, 0.1) is 5.82 Å². The van der Waals surface area contributed by atoms with Gasteiger partial charge in [0.2, 0.25) is 5.91 Å². The van der Waals surface area contributed by atoms with Crippen molar-refractivity contribution in [2.75, 3.05) is 0 Å². The molecule has 0 bridgehead atoms. The smallest absolute Gasteiger partial charge is 0.228 e. The molecular formula is C21H24ClFN4O2S2. The minimum absolute atomic E-state index is 0. The van der Waals surface area contributed by atoms with E-state index in [1.54, 1.807) is 10.7 Å². The molecular weight excluding hydrogens is 459 g/mol. The standard InChI is InChI=1S/C21H20ClFN4O2.2H2S/c1-2-27-18(24-21(26-27)13-7-8-15(22)16(23)9-13)11-19(29)25-20-14-6-4-3-5-12(14)10-17(20)28;;/h3-9,17,20,28H,2,10-11H2,1H3,(H,25,29);2*1H2/t17-,20-;;/m0../s1. The first-order valence-corrected chi connectivity index (χ1v) is 9.78. The molecule has 0 saturated carbocycles.